The number of amides is 1. The van der Waals surface area contributed by atoms with Gasteiger partial charge in [0, 0.05) is 0 Å². The van der Waals surface area contributed by atoms with Crippen molar-refractivity contribution in [1.82, 2.24) is 5.32 Å². The molecule has 0 heterocycles. The molecule has 0 spiro atoms. The third-order valence-electron chi connectivity index (χ3n) is 1.55. The number of aliphatic hydroxyl groups excluding tert-OH is 3. The van der Waals surface area contributed by atoms with Gasteiger partial charge >= 0.3 is 6.09 Å². The smallest absolute Gasteiger partial charge is 0.408 e. The van der Waals surface area contributed by atoms with Crippen molar-refractivity contribution in [2.45, 2.75) is 38.5 Å². The van der Waals surface area contributed by atoms with E-state index in [0.29, 0.717) is 0 Å². The lowest BCUT2D eigenvalue weighted by Crippen LogP contribution is -2.48. The van der Waals surface area contributed by atoms with Gasteiger partial charge < -0.3 is 25.4 Å². The van der Waals surface area contributed by atoms with Gasteiger partial charge in [0.1, 0.15) is 5.60 Å². The molecule has 15 heavy (non-hydrogen) atoms. The summed E-state index contributed by atoms with van der Waals surface area (Å²) in [4.78, 5) is 11.2. The number of carbonyl (C=O) groups is 1. The molecule has 90 valence electrons. The molecule has 0 saturated heterocycles. The van der Waals surface area contributed by atoms with Gasteiger partial charge in [-0.3, -0.25) is 0 Å². The van der Waals surface area contributed by atoms with E-state index in [2.05, 4.69) is 5.32 Å². The normalized spacial score (nSPS) is 15.6. The Kier molecular flexibility index (Phi) is 5.56. The molecule has 2 atom stereocenters. The van der Waals surface area contributed by atoms with E-state index >= 15 is 0 Å². The first kappa shape index (κ1) is 14.2. The molecule has 0 aromatic carbocycles. The van der Waals surface area contributed by atoms with Crippen LogP contribution in [0.1, 0.15) is 20.8 Å². The average Bonchev–Trinajstić information content (AvgIpc) is 2.10. The molecule has 2 unspecified atom stereocenters. The molecule has 0 aliphatic carbocycles. The van der Waals surface area contributed by atoms with Crippen molar-refractivity contribution in [1.29, 1.82) is 0 Å². The van der Waals surface area contributed by atoms with Crippen molar-refractivity contribution in [3.05, 3.63) is 0 Å². The largest absolute Gasteiger partial charge is 0.444 e. The predicted octanol–water partition coefficient (Wildman–Crippen LogP) is -0.775. The fourth-order valence-corrected chi connectivity index (χ4v) is 0.850. The van der Waals surface area contributed by atoms with Crippen LogP contribution in [0.2, 0.25) is 0 Å². The fraction of sp³-hybridized carbons (Fsp3) is 0.889. The lowest BCUT2D eigenvalue weighted by atomic mass is 10.2. The number of ether oxygens (including phenoxy) is 1. The first-order valence-corrected chi connectivity index (χ1v) is 4.69. The quantitative estimate of drug-likeness (QED) is 0.499. The predicted molar refractivity (Wildman–Crippen MR) is 53.3 cm³/mol. The third kappa shape index (κ3) is 6.27. The highest BCUT2D eigenvalue weighted by molar-refractivity contribution is 5.68. The van der Waals surface area contributed by atoms with Crippen LogP contribution in [0.15, 0.2) is 0 Å². The highest BCUT2D eigenvalue weighted by Gasteiger charge is 2.23. The first-order chi connectivity index (χ1) is 6.80. The highest BCUT2D eigenvalue weighted by Crippen LogP contribution is 2.07. The maximum absolute atomic E-state index is 11.2. The molecule has 0 saturated carbocycles. The van der Waals surface area contributed by atoms with Crippen molar-refractivity contribution in [3.8, 4) is 0 Å². The zero-order chi connectivity index (χ0) is 12.1. The maximum atomic E-state index is 11.2. The molecule has 0 aliphatic rings. The Morgan fingerprint density at radius 2 is 1.87 bits per heavy atom. The zero-order valence-corrected chi connectivity index (χ0v) is 9.23. The van der Waals surface area contributed by atoms with E-state index in [-0.39, 0.29) is 0 Å². The molecule has 0 fully saturated rings. The van der Waals surface area contributed by atoms with Crippen LogP contribution in [0, 0.1) is 0 Å². The lowest BCUT2D eigenvalue weighted by Gasteiger charge is -2.24. The summed E-state index contributed by atoms with van der Waals surface area (Å²) in [6.45, 7) is 4.08. The molecule has 1 amide bonds. The number of rotatable bonds is 4. The van der Waals surface area contributed by atoms with E-state index < -0.39 is 37.1 Å². The Morgan fingerprint density at radius 1 is 1.33 bits per heavy atom. The summed E-state index contributed by atoms with van der Waals surface area (Å²) in [5.41, 5.74) is -0.645. The van der Waals surface area contributed by atoms with Gasteiger partial charge in [0.25, 0.3) is 0 Å². The second kappa shape index (κ2) is 5.89. The van der Waals surface area contributed by atoms with E-state index in [9.17, 15) is 9.90 Å². The summed E-state index contributed by atoms with van der Waals surface area (Å²) in [6.07, 6.45) is -1.95. The van der Waals surface area contributed by atoms with Crippen molar-refractivity contribution in [2.24, 2.45) is 0 Å². The SMILES string of the molecule is CC(C)(C)OC(=O)NC(CO)C(O)CO. The summed E-state index contributed by atoms with van der Waals surface area (Å²) >= 11 is 0. The van der Waals surface area contributed by atoms with Crippen LogP contribution in [0.5, 0.6) is 0 Å². The van der Waals surface area contributed by atoms with E-state index in [1.807, 2.05) is 0 Å². The maximum Gasteiger partial charge on any atom is 0.408 e. The summed E-state index contributed by atoms with van der Waals surface area (Å²) in [5, 5.41) is 28.9. The topological polar surface area (TPSA) is 99.0 Å². The summed E-state index contributed by atoms with van der Waals surface area (Å²) in [6, 6.07) is -0.926. The lowest BCUT2D eigenvalue weighted by molar-refractivity contribution is 0.0205. The zero-order valence-electron chi connectivity index (χ0n) is 9.23. The molecule has 4 N–H and O–H groups in total. The van der Waals surface area contributed by atoms with Gasteiger partial charge in [0.15, 0.2) is 0 Å². The molecule has 0 bridgehead atoms. The minimum Gasteiger partial charge on any atom is -0.444 e. The van der Waals surface area contributed by atoms with E-state index in [4.69, 9.17) is 14.9 Å². The number of alkyl carbamates (subject to hydrolysis) is 1. The molecular weight excluding hydrogens is 202 g/mol. The Morgan fingerprint density at radius 3 is 2.20 bits per heavy atom. The van der Waals surface area contributed by atoms with E-state index in [0.717, 1.165) is 0 Å². The van der Waals surface area contributed by atoms with Gasteiger partial charge in [-0.1, -0.05) is 0 Å². The number of nitrogens with one attached hydrogen (secondary N) is 1. The van der Waals surface area contributed by atoms with Gasteiger partial charge in [0.05, 0.1) is 25.4 Å². The van der Waals surface area contributed by atoms with Crippen molar-refractivity contribution in [3.63, 3.8) is 0 Å². The monoisotopic (exact) mass is 221 g/mol. The molecule has 6 nitrogen and oxygen atoms in total. The first-order valence-electron chi connectivity index (χ1n) is 4.69. The van der Waals surface area contributed by atoms with Gasteiger partial charge in [0.2, 0.25) is 0 Å². The van der Waals surface area contributed by atoms with Crippen LogP contribution in [0.3, 0.4) is 0 Å². The van der Waals surface area contributed by atoms with Crippen LogP contribution in [0.25, 0.3) is 0 Å². The number of hydrogen-bond acceptors (Lipinski definition) is 5. The molecule has 0 aromatic heterocycles. The van der Waals surface area contributed by atoms with E-state index in [1.54, 1.807) is 20.8 Å². The Labute approximate surface area is 88.9 Å². The Hall–Kier alpha value is -0.850. The molecule has 0 rings (SSSR count). The van der Waals surface area contributed by atoms with Gasteiger partial charge in [-0.05, 0) is 20.8 Å². The van der Waals surface area contributed by atoms with Crippen LogP contribution >= 0.6 is 0 Å². The highest BCUT2D eigenvalue weighted by atomic mass is 16.6. The van der Waals surface area contributed by atoms with Crippen LogP contribution in [-0.2, 0) is 4.74 Å². The van der Waals surface area contributed by atoms with Gasteiger partial charge in [-0.15, -0.1) is 0 Å². The molecular formula is C9H19NO5. The van der Waals surface area contributed by atoms with Gasteiger partial charge in [-0.25, -0.2) is 4.79 Å². The summed E-state index contributed by atoms with van der Waals surface area (Å²) in [5.74, 6) is 0. The minimum absolute atomic E-state index is 0.471. The fourth-order valence-electron chi connectivity index (χ4n) is 0.850. The number of hydrogen-bond donors (Lipinski definition) is 4. The molecule has 0 radical (unpaired) electrons. The van der Waals surface area contributed by atoms with Crippen molar-refractivity contribution in [2.75, 3.05) is 13.2 Å². The summed E-state index contributed by atoms with van der Waals surface area (Å²) < 4.78 is 4.91. The standard InChI is InChI=1S/C9H19NO5/c1-9(2,3)15-8(14)10-6(4-11)7(13)5-12/h6-7,11-13H,4-5H2,1-3H3,(H,10,14). The van der Waals surface area contributed by atoms with Gasteiger partial charge in [-0.2, -0.15) is 0 Å². The Bertz CT molecular complexity index is 201. The number of carbonyl (C=O) groups excluding carboxylic acids is 1. The molecule has 0 aromatic rings. The van der Waals surface area contributed by atoms with Crippen LogP contribution < -0.4 is 5.32 Å². The van der Waals surface area contributed by atoms with Crippen molar-refractivity contribution < 1.29 is 24.9 Å². The summed E-state index contributed by atoms with van der Waals surface area (Å²) in [7, 11) is 0. The molecule has 0 aliphatic heterocycles. The van der Waals surface area contributed by atoms with E-state index in [1.165, 1.54) is 0 Å². The van der Waals surface area contributed by atoms with Crippen LogP contribution in [0.4, 0.5) is 4.79 Å². The number of aliphatic hydroxyl groups is 3. The second-order valence-electron chi connectivity index (χ2n) is 4.19. The second-order valence-corrected chi connectivity index (χ2v) is 4.19. The minimum atomic E-state index is -1.21. The van der Waals surface area contributed by atoms with Crippen molar-refractivity contribution >= 4 is 6.09 Å². The third-order valence-corrected chi connectivity index (χ3v) is 1.55. The van der Waals surface area contributed by atoms with Crippen LogP contribution in [-0.4, -0.2) is 52.4 Å². The average molecular weight is 221 g/mol. The molecule has 6 heteroatoms. The Balaban J connectivity index is 4.13.